The van der Waals surface area contributed by atoms with E-state index in [9.17, 15) is 0 Å². The third kappa shape index (κ3) is 4.22. The zero-order chi connectivity index (χ0) is 15.8. The van der Waals surface area contributed by atoms with Crippen molar-refractivity contribution in [2.45, 2.75) is 0 Å². The van der Waals surface area contributed by atoms with Crippen molar-refractivity contribution in [2.75, 3.05) is 45.1 Å². The Hall–Kier alpha value is -2.56. The van der Waals surface area contributed by atoms with Crippen LogP contribution in [0, 0.1) is 0 Å². The second-order valence-electron chi connectivity index (χ2n) is 4.65. The van der Waals surface area contributed by atoms with Crippen molar-refractivity contribution in [1.82, 2.24) is 0 Å². The van der Waals surface area contributed by atoms with Gasteiger partial charge < -0.3 is 24.8 Å². The molecule has 0 fully saturated rings. The number of hydrogen-bond acceptors (Lipinski definition) is 5. The summed E-state index contributed by atoms with van der Waals surface area (Å²) in [5.74, 6) is 2.45. The molecule has 2 N–H and O–H groups in total. The summed E-state index contributed by atoms with van der Waals surface area (Å²) in [7, 11) is 4.97. The quantitative estimate of drug-likeness (QED) is 0.733. The lowest BCUT2D eigenvalue weighted by Crippen LogP contribution is -2.14. The summed E-state index contributed by atoms with van der Waals surface area (Å²) in [6, 6.07) is 13.5. The molecular formula is C17H22N2O3. The van der Waals surface area contributed by atoms with Crippen molar-refractivity contribution < 1.29 is 14.2 Å². The fourth-order valence-corrected chi connectivity index (χ4v) is 2.07. The monoisotopic (exact) mass is 302 g/mol. The molecular weight excluding hydrogens is 280 g/mol. The highest BCUT2D eigenvalue weighted by Crippen LogP contribution is 2.28. The Morgan fingerprint density at radius 2 is 1.36 bits per heavy atom. The van der Waals surface area contributed by atoms with Gasteiger partial charge in [-0.15, -0.1) is 0 Å². The van der Waals surface area contributed by atoms with E-state index in [-0.39, 0.29) is 0 Å². The smallest absolute Gasteiger partial charge is 0.142 e. The molecule has 0 radical (unpaired) electrons. The zero-order valence-corrected chi connectivity index (χ0v) is 13.2. The summed E-state index contributed by atoms with van der Waals surface area (Å²) in [5.41, 5.74) is 1.97. The van der Waals surface area contributed by atoms with Gasteiger partial charge in [0.05, 0.1) is 27.0 Å². The van der Waals surface area contributed by atoms with Crippen molar-refractivity contribution in [1.29, 1.82) is 0 Å². The van der Waals surface area contributed by atoms with Crippen LogP contribution in [0.25, 0.3) is 0 Å². The Kier molecular flexibility index (Phi) is 5.77. The van der Waals surface area contributed by atoms with Crippen LogP contribution in [0.15, 0.2) is 42.5 Å². The van der Waals surface area contributed by atoms with Crippen LogP contribution in [0.3, 0.4) is 0 Å². The number of hydrogen-bond donors (Lipinski definition) is 2. The molecule has 22 heavy (non-hydrogen) atoms. The molecule has 0 spiro atoms. The van der Waals surface area contributed by atoms with E-state index in [0.29, 0.717) is 0 Å². The van der Waals surface area contributed by atoms with Gasteiger partial charge in [0, 0.05) is 24.8 Å². The second-order valence-corrected chi connectivity index (χ2v) is 4.65. The average Bonchev–Trinajstić information content (AvgIpc) is 2.59. The molecule has 0 aliphatic heterocycles. The van der Waals surface area contributed by atoms with Crippen LogP contribution >= 0.6 is 0 Å². The summed E-state index contributed by atoms with van der Waals surface area (Å²) in [4.78, 5) is 0. The summed E-state index contributed by atoms with van der Waals surface area (Å²) in [5, 5.41) is 6.68. The third-order valence-electron chi connectivity index (χ3n) is 3.27. The fourth-order valence-electron chi connectivity index (χ4n) is 2.07. The van der Waals surface area contributed by atoms with Crippen molar-refractivity contribution in [3.63, 3.8) is 0 Å². The highest BCUT2D eigenvalue weighted by Gasteiger charge is 2.04. The van der Waals surface area contributed by atoms with Crippen LogP contribution < -0.4 is 24.8 Å². The predicted octanol–water partition coefficient (Wildman–Crippen LogP) is 3.24. The van der Waals surface area contributed by atoms with Crippen LogP contribution in [0.4, 0.5) is 11.4 Å². The Morgan fingerprint density at radius 1 is 0.727 bits per heavy atom. The van der Waals surface area contributed by atoms with Gasteiger partial charge in [0.1, 0.15) is 17.2 Å². The van der Waals surface area contributed by atoms with Gasteiger partial charge in [0.25, 0.3) is 0 Å². The number of benzene rings is 2. The number of nitrogens with one attached hydrogen (secondary N) is 2. The van der Waals surface area contributed by atoms with E-state index in [2.05, 4.69) is 10.6 Å². The number of methoxy groups -OCH3 is 3. The predicted molar refractivity (Wildman–Crippen MR) is 89.5 cm³/mol. The van der Waals surface area contributed by atoms with Crippen molar-refractivity contribution in [2.24, 2.45) is 0 Å². The summed E-state index contributed by atoms with van der Waals surface area (Å²) >= 11 is 0. The van der Waals surface area contributed by atoms with Crippen molar-refractivity contribution >= 4 is 11.4 Å². The molecule has 0 unspecified atom stereocenters. The van der Waals surface area contributed by atoms with E-state index in [4.69, 9.17) is 14.2 Å². The van der Waals surface area contributed by atoms with E-state index >= 15 is 0 Å². The molecule has 0 bridgehead atoms. The summed E-state index contributed by atoms with van der Waals surface area (Å²) < 4.78 is 15.7. The molecule has 5 nitrogen and oxygen atoms in total. The number of anilines is 2. The van der Waals surface area contributed by atoms with Crippen LogP contribution in [-0.4, -0.2) is 34.4 Å². The Morgan fingerprint density at radius 3 is 2.00 bits per heavy atom. The lowest BCUT2D eigenvalue weighted by Gasteiger charge is -2.13. The lowest BCUT2D eigenvalue weighted by molar-refractivity contribution is 0.404. The molecule has 0 aromatic heterocycles. The van der Waals surface area contributed by atoms with Gasteiger partial charge in [-0.05, 0) is 36.4 Å². The van der Waals surface area contributed by atoms with Gasteiger partial charge in [-0.3, -0.25) is 0 Å². The minimum absolute atomic E-state index is 0.759. The zero-order valence-electron chi connectivity index (χ0n) is 13.2. The summed E-state index contributed by atoms with van der Waals surface area (Å²) in [6.07, 6.45) is 0. The second kappa shape index (κ2) is 8.02. The van der Waals surface area contributed by atoms with E-state index in [1.54, 1.807) is 21.3 Å². The largest absolute Gasteiger partial charge is 0.497 e. The van der Waals surface area contributed by atoms with Gasteiger partial charge in [0.15, 0.2) is 0 Å². The Bertz CT molecular complexity index is 585. The van der Waals surface area contributed by atoms with E-state index < -0.39 is 0 Å². The van der Waals surface area contributed by atoms with Gasteiger partial charge in [-0.2, -0.15) is 0 Å². The molecule has 0 aliphatic rings. The number of rotatable bonds is 8. The first-order valence-electron chi connectivity index (χ1n) is 7.10. The molecule has 2 aromatic rings. The van der Waals surface area contributed by atoms with Gasteiger partial charge in [-0.1, -0.05) is 0 Å². The molecule has 0 saturated heterocycles. The molecule has 0 heterocycles. The maximum atomic E-state index is 5.33. The number of ether oxygens (including phenoxy) is 3. The SMILES string of the molecule is COc1ccc(NCCNc2cc(OC)ccc2OC)cc1. The highest BCUT2D eigenvalue weighted by molar-refractivity contribution is 5.60. The maximum Gasteiger partial charge on any atom is 0.142 e. The Balaban J connectivity index is 1.85. The molecule has 2 rings (SSSR count). The van der Waals surface area contributed by atoms with E-state index in [0.717, 1.165) is 41.7 Å². The molecule has 2 aromatic carbocycles. The van der Waals surface area contributed by atoms with Crippen LogP contribution in [0.5, 0.6) is 17.2 Å². The third-order valence-corrected chi connectivity index (χ3v) is 3.27. The first-order valence-corrected chi connectivity index (χ1v) is 7.10. The highest BCUT2D eigenvalue weighted by atomic mass is 16.5. The minimum atomic E-state index is 0.759. The fraction of sp³-hybridized carbons (Fsp3) is 0.294. The van der Waals surface area contributed by atoms with Crippen LogP contribution in [0.2, 0.25) is 0 Å². The van der Waals surface area contributed by atoms with Gasteiger partial charge in [-0.25, -0.2) is 0 Å². The first kappa shape index (κ1) is 15.8. The summed E-state index contributed by atoms with van der Waals surface area (Å²) in [6.45, 7) is 1.54. The molecule has 0 atom stereocenters. The first-order chi connectivity index (χ1) is 10.8. The molecule has 118 valence electrons. The van der Waals surface area contributed by atoms with E-state index in [1.165, 1.54) is 0 Å². The molecule has 5 heteroatoms. The van der Waals surface area contributed by atoms with Crippen molar-refractivity contribution in [3.05, 3.63) is 42.5 Å². The molecule has 0 amide bonds. The standard InChI is InChI=1S/C17H22N2O3/c1-20-14-6-4-13(5-7-14)18-10-11-19-16-12-15(21-2)8-9-17(16)22-3/h4-9,12,18-19H,10-11H2,1-3H3. The molecule has 0 saturated carbocycles. The van der Waals surface area contributed by atoms with Gasteiger partial charge in [0.2, 0.25) is 0 Å². The average molecular weight is 302 g/mol. The maximum absolute atomic E-state index is 5.33. The molecule has 0 aliphatic carbocycles. The van der Waals surface area contributed by atoms with Crippen molar-refractivity contribution in [3.8, 4) is 17.2 Å². The normalized spacial score (nSPS) is 9.95. The van der Waals surface area contributed by atoms with Crippen LogP contribution in [0.1, 0.15) is 0 Å². The van der Waals surface area contributed by atoms with E-state index in [1.807, 2.05) is 42.5 Å². The Labute approximate surface area is 131 Å². The minimum Gasteiger partial charge on any atom is -0.497 e. The topological polar surface area (TPSA) is 51.8 Å². The van der Waals surface area contributed by atoms with Crippen LogP contribution in [-0.2, 0) is 0 Å². The lowest BCUT2D eigenvalue weighted by atomic mass is 10.2. The van der Waals surface area contributed by atoms with Gasteiger partial charge >= 0.3 is 0 Å².